The highest BCUT2D eigenvalue weighted by Gasteiger charge is 2.46. The van der Waals surface area contributed by atoms with E-state index in [9.17, 15) is 10.2 Å². The molecule has 5 rings (SSSR count). The average Bonchev–Trinajstić information content (AvgIpc) is 3.31. The molecule has 4 saturated heterocycles. The van der Waals surface area contributed by atoms with Crippen LogP contribution in [0.3, 0.4) is 0 Å². The molecule has 5 aliphatic rings. The maximum absolute atomic E-state index is 9.69. The summed E-state index contributed by atoms with van der Waals surface area (Å²) in [4.78, 5) is 0. The Morgan fingerprint density at radius 3 is 2.18 bits per heavy atom. The van der Waals surface area contributed by atoms with Crippen molar-refractivity contribution in [3.63, 3.8) is 0 Å². The largest absolute Gasteiger partial charge is 0.394 e. The lowest BCUT2D eigenvalue weighted by Crippen LogP contribution is -2.61. The predicted molar refractivity (Wildman–Crippen MR) is 123 cm³/mol. The fourth-order valence-electron chi connectivity index (χ4n) is 4.07. The maximum Gasteiger partial charge on any atom is 0.163 e. The molecule has 5 aliphatic heterocycles. The van der Waals surface area contributed by atoms with E-state index in [1.807, 2.05) is 19.9 Å². The van der Waals surface area contributed by atoms with Crippen molar-refractivity contribution >= 4 is 0 Å². The van der Waals surface area contributed by atoms with Gasteiger partial charge in [-0.1, -0.05) is 19.6 Å². The first-order chi connectivity index (χ1) is 15.6. The minimum absolute atomic E-state index is 0. The van der Waals surface area contributed by atoms with E-state index in [4.69, 9.17) is 38.3 Å². The van der Waals surface area contributed by atoms with Crippen molar-refractivity contribution in [1.29, 1.82) is 0 Å². The van der Waals surface area contributed by atoms with Crippen molar-refractivity contribution in [2.24, 2.45) is 0 Å². The molecule has 7 atom stereocenters. The molecule has 0 aromatic heterocycles. The quantitative estimate of drug-likeness (QED) is 0.459. The Kier molecular flexibility index (Phi) is 11.3. The summed E-state index contributed by atoms with van der Waals surface area (Å²) in [5, 5.41) is 27.5. The van der Waals surface area contributed by atoms with Gasteiger partial charge in [0.1, 0.15) is 36.6 Å². The number of aliphatic hydroxyl groups is 3. The van der Waals surface area contributed by atoms with Crippen LogP contribution in [0, 0.1) is 0 Å². The van der Waals surface area contributed by atoms with E-state index in [-0.39, 0.29) is 45.1 Å². The molecule has 4 fully saturated rings. The number of hydrogen-bond donors (Lipinski definition) is 3. The molecule has 10 heteroatoms. The Morgan fingerprint density at radius 2 is 1.56 bits per heavy atom. The minimum atomic E-state index is -0.892. The number of aliphatic hydroxyl groups excluding tert-OH is 3. The highest BCUT2D eigenvalue weighted by Crippen LogP contribution is 2.30. The van der Waals surface area contributed by atoms with E-state index < -0.39 is 29.9 Å². The number of fused-ring (bicyclic) bond motifs is 2. The molecule has 0 radical (unpaired) electrons. The summed E-state index contributed by atoms with van der Waals surface area (Å²) in [5.74, 6) is -1.19. The van der Waals surface area contributed by atoms with Crippen molar-refractivity contribution in [2.75, 3.05) is 39.6 Å². The summed E-state index contributed by atoms with van der Waals surface area (Å²) in [6.45, 7) is 10.3. The van der Waals surface area contributed by atoms with Crippen molar-refractivity contribution in [3.05, 3.63) is 12.2 Å². The molecule has 3 N–H and O–H groups in total. The predicted octanol–water partition coefficient (Wildman–Crippen LogP) is 1.15. The number of rotatable bonds is 1. The van der Waals surface area contributed by atoms with Gasteiger partial charge in [-0.3, -0.25) is 0 Å². The first-order valence-corrected chi connectivity index (χ1v) is 11.7. The Labute approximate surface area is 203 Å². The lowest BCUT2D eigenvalue weighted by atomic mass is 9.99. The zero-order valence-electron chi connectivity index (χ0n) is 20.1. The molecule has 0 aliphatic carbocycles. The monoisotopic (exact) mass is 492 g/mol. The molecule has 5 heterocycles. The molecule has 10 nitrogen and oxygen atoms in total. The van der Waals surface area contributed by atoms with Gasteiger partial charge < -0.3 is 48.5 Å². The molecule has 0 spiro atoms. The van der Waals surface area contributed by atoms with Crippen LogP contribution in [-0.4, -0.2) is 109 Å². The molecular weight excluding hydrogens is 448 g/mol. The van der Waals surface area contributed by atoms with Crippen LogP contribution in [0.15, 0.2) is 12.2 Å². The summed E-state index contributed by atoms with van der Waals surface area (Å²) < 4.78 is 37.8. The summed E-state index contributed by atoms with van der Waals surface area (Å²) in [5.41, 5.74) is 0. The summed E-state index contributed by atoms with van der Waals surface area (Å²) in [7, 11) is 0. The van der Waals surface area contributed by atoms with Crippen LogP contribution >= 0.6 is 0 Å². The van der Waals surface area contributed by atoms with Crippen LogP contribution < -0.4 is 0 Å². The molecule has 200 valence electrons. The van der Waals surface area contributed by atoms with Crippen LogP contribution in [0.2, 0.25) is 0 Å². The van der Waals surface area contributed by atoms with E-state index in [1.54, 1.807) is 13.8 Å². The van der Waals surface area contributed by atoms with Crippen molar-refractivity contribution in [1.82, 2.24) is 0 Å². The Morgan fingerprint density at radius 1 is 0.882 bits per heavy atom. The molecule has 1 unspecified atom stereocenters. The summed E-state index contributed by atoms with van der Waals surface area (Å²) in [6, 6.07) is 0. The van der Waals surface area contributed by atoms with Gasteiger partial charge in [0.25, 0.3) is 0 Å². The highest BCUT2D eigenvalue weighted by atomic mass is 16.7. The lowest BCUT2D eigenvalue weighted by Gasteiger charge is -2.46. The maximum atomic E-state index is 9.69. The topological polar surface area (TPSA) is 125 Å². The Balaban J connectivity index is 0.000000187. The second kappa shape index (κ2) is 13.0. The lowest BCUT2D eigenvalue weighted by molar-refractivity contribution is -0.346. The van der Waals surface area contributed by atoms with Gasteiger partial charge in [-0.2, -0.15) is 0 Å². The standard InChI is InChI=1S/C9H16O5.C9H14O3.C5H10O2.CH4/c1-9(2)13-4-6-8(14-9)7(11)5(10)3-12-6;1-9(2)11-6-8-7(12-9)4-3-5-10-8;6-4-5-2-1-3-7-5;/h5-8,10-11H,3-4H2,1-2H3;3-4,7-8H,5-6H2,1-2H3;5-6H,1-4H2;1H4/t5-,6+,7-,8-;7-,8-;;/m10../s1. The van der Waals surface area contributed by atoms with E-state index >= 15 is 0 Å². The molecule has 0 aromatic rings. The third kappa shape index (κ3) is 8.48. The van der Waals surface area contributed by atoms with Gasteiger partial charge in [-0.25, -0.2) is 0 Å². The molecule has 0 bridgehead atoms. The van der Waals surface area contributed by atoms with Crippen LogP contribution in [0.25, 0.3) is 0 Å². The normalized spacial score (nSPS) is 39.7. The van der Waals surface area contributed by atoms with Gasteiger partial charge in [0, 0.05) is 6.61 Å². The molecule has 0 saturated carbocycles. The first-order valence-electron chi connectivity index (χ1n) is 11.7. The van der Waals surface area contributed by atoms with Gasteiger partial charge >= 0.3 is 0 Å². The zero-order valence-corrected chi connectivity index (χ0v) is 20.1. The Hall–Kier alpha value is -0.660. The SMILES string of the molecule is C.CC1(C)OC[C@@H]2OCC=C[C@@H]2O1.CC1(C)OC[C@@H]2OC[C@@H](O)[C@@H](O)[C@@H]2O1.OCC1CCCO1. The fraction of sp³-hybridized carbons (Fsp3) is 0.917. The third-order valence-corrected chi connectivity index (χ3v) is 5.93. The van der Waals surface area contributed by atoms with Crippen molar-refractivity contribution in [3.8, 4) is 0 Å². The van der Waals surface area contributed by atoms with Gasteiger partial charge in [0.15, 0.2) is 11.6 Å². The zero-order chi connectivity index (χ0) is 24.1. The van der Waals surface area contributed by atoms with Crippen LogP contribution in [0.1, 0.15) is 48.0 Å². The second-order valence-corrected chi connectivity index (χ2v) is 9.63. The summed E-state index contributed by atoms with van der Waals surface area (Å²) in [6.07, 6.45) is 3.97. The summed E-state index contributed by atoms with van der Waals surface area (Å²) >= 11 is 0. The molecule has 0 aromatic carbocycles. The molecule has 0 amide bonds. The Bertz CT molecular complexity index is 617. The van der Waals surface area contributed by atoms with Gasteiger partial charge in [0.05, 0.1) is 39.1 Å². The van der Waals surface area contributed by atoms with Crippen LogP contribution in [0.5, 0.6) is 0 Å². The smallest absolute Gasteiger partial charge is 0.163 e. The third-order valence-electron chi connectivity index (χ3n) is 5.93. The number of ether oxygens (including phenoxy) is 7. The van der Waals surface area contributed by atoms with Crippen molar-refractivity contribution in [2.45, 2.75) is 102 Å². The van der Waals surface area contributed by atoms with E-state index in [2.05, 4.69) is 6.08 Å². The van der Waals surface area contributed by atoms with Gasteiger partial charge in [0.2, 0.25) is 0 Å². The van der Waals surface area contributed by atoms with Crippen LogP contribution in [0.4, 0.5) is 0 Å². The average molecular weight is 493 g/mol. The number of hydrogen-bond acceptors (Lipinski definition) is 10. The van der Waals surface area contributed by atoms with Gasteiger partial charge in [-0.05, 0) is 40.5 Å². The van der Waals surface area contributed by atoms with Gasteiger partial charge in [-0.15, -0.1) is 0 Å². The molecular formula is C24H44O10. The van der Waals surface area contributed by atoms with E-state index in [1.165, 1.54) is 0 Å². The first kappa shape index (κ1) is 29.6. The minimum Gasteiger partial charge on any atom is -0.394 e. The van der Waals surface area contributed by atoms with E-state index in [0.717, 1.165) is 19.4 Å². The van der Waals surface area contributed by atoms with Crippen molar-refractivity contribution < 1.29 is 48.5 Å². The van der Waals surface area contributed by atoms with E-state index in [0.29, 0.717) is 19.8 Å². The van der Waals surface area contributed by atoms with Crippen LogP contribution in [-0.2, 0) is 33.2 Å². The second-order valence-electron chi connectivity index (χ2n) is 9.63. The molecule has 34 heavy (non-hydrogen) atoms. The fourth-order valence-corrected chi connectivity index (χ4v) is 4.07. The highest BCUT2D eigenvalue weighted by molar-refractivity contribution is 5.00.